The van der Waals surface area contributed by atoms with Crippen molar-refractivity contribution in [3.8, 4) is 0 Å². The average molecular weight is 172 g/mol. The van der Waals surface area contributed by atoms with Gasteiger partial charge < -0.3 is 10.1 Å². The summed E-state index contributed by atoms with van der Waals surface area (Å²) in [4.78, 5) is 21.4. The third-order valence-electron chi connectivity index (χ3n) is 1.05. The normalized spacial score (nSPS) is 9.25. The monoisotopic (exact) mass is 172 g/mol. The first-order chi connectivity index (χ1) is 5.57. The fourth-order valence-electron chi connectivity index (χ4n) is 0.426. The van der Waals surface area contributed by atoms with E-state index in [2.05, 4.69) is 10.1 Å². The molecule has 12 heavy (non-hydrogen) atoms. The van der Waals surface area contributed by atoms with Crippen LogP contribution in [0.1, 0.15) is 13.8 Å². The summed E-state index contributed by atoms with van der Waals surface area (Å²) >= 11 is 0. The molecule has 0 aliphatic heterocycles. The summed E-state index contributed by atoms with van der Waals surface area (Å²) < 4.78 is 4.56. The molecule has 1 amide bonds. The Labute approximate surface area is 70.6 Å². The lowest BCUT2D eigenvalue weighted by Crippen LogP contribution is -2.28. The minimum absolute atomic E-state index is 0.238. The molecule has 2 N–H and O–H groups in total. The van der Waals surface area contributed by atoms with Gasteiger partial charge in [-0.1, -0.05) is 13.8 Å². The maximum atomic E-state index is 10.8. The molecule has 0 rings (SSSR count). The lowest BCUT2D eigenvalue weighted by atomic mass is 10.2. The van der Waals surface area contributed by atoms with Gasteiger partial charge in [-0.3, -0.25) is 15.0 Å². The Morgan fingerprint density at radius 3 is 2.58 bits per heavy atom. The summed E-state index contributed by atoms with van der Waals surface area (Å²) in [7, 11) is 0. The molecule has 0 aromatic rings. The van der Waals surface area contributed by atoms with E-state index in [1.807, 2.05) is 0 Å². The molecule has 0 aromatic heterocycles. The molecule has 0 saturated heterocycles. The number of rotatable bonds is 4. The molecule has 0 aliphatic carbocycles. The molecule has 0 saturated carbocycles. The van der Waals surface area contributed by atoms with E-state index in [1.54, 1.807) is 13.8 Å². The van der Waals surface area contributed by atoms with E-state index in [1.165, 1.54) is 0 Å². The molecule has 0 radical (unpaired) electrons. The SMILES string of the molecule is CC(C)C(=O)OCC(=O)NC=N. The summed E-state index contributed by atoms with van der Waals surface area (Å²) in [5.74, 6) is -1.16. The minimum atomic E-state index is -0.501. The summed E-state index contributed by atoms with van der Waals surface area (Å²) in [6.45, 7) is 3.03. The van der Waals surface area contributed by atoms with Gasteiger partial charge in [-0.05, 0) is 0 Å². The quantitative estimate of drug-likeness (QED) is 0.353. The average Bonchev–Trinajstić information content (AvgIpc) is 2.00. The van der Waals surface area contributed by atoms with Crippen LogP contribution < -0.4 is 5.32 Å². The Bertz CT molecular complexity index is 189. The number of esters is 1. The molecule has 0 heterocycles. The predicted octanol–water partition coefficient (Wildman–Crippen LogP) is -0.0911. The van der Waals surface area contributed by atoms with Gasteiger partial charge in [0.05, 0.1) is 12.3 Å². The second-order valence-electron chi connectivity index (χ2n) is 2.47. The van der Waals surface area contributed by atoms with Crippen molar-refractivity contribution >= 4 is 18.2 Å². The van der Waals surface area contributed by atoms with Crippen LogP contribution in [0.15, 0.2) is 0 Å². The van der Waals surface area contributed by atoms with Gasteiger partial charge in [0, 0.05) is 0 Å². The molecule has 0 atom stereocenters. The Hall–Kier alpha value is -1.39. The number of hydrogen-bond acceptors (Lipinski definition) is 4. The van der Waals surface area contributed by atoms with E-state index < -0.39 is 11.9 Å². The van der Waals surface area contributed by atoms with Gasteiger partial charge in [0.1, 0.15) is 0 Å². The molecule has 0 unspecified atom stereocenters. The Morgan fingerprint density at radius 2 is 2.17 bits per heavy atom. The number of ether oxygens (including phenoxy) is 1. The van der Waals surface area contributed by atoms with Crippen molar-refractivity contribution in [3.05, 3.63) is 0 Å². The van der Waals surface area contributed by atoms with Gasteiger partial charge in [0.15, 0.2) is 6.61 Å². The number of carbonyl (C=O) groups excluding carboxylic acids is 2. The number of hydrogen-bond donors (Lipinski definition) is 2. The van der Waals surface area contributed by atoms with Crippen LogP contribution in [-0.4, -0.2) is 24.8 Å². The largest absolute Gasteiger partial charge is 0.455 e. The fourth-order valence-corrected chi connectivity index (χ4v) is 0.426. The standard InChI is InChI=1S/C7H12N2O3/c1-5(2)7(11)12-3-6(10)9-4-8/h4-5H,3H2,1-2H3,(H2,8,9,10). The Balaban J connectivity index is 3.61. The van der Waals surface area contributed by atoms with E-state index in [-0.39, 0.29) is 12.5 Å². The summed E-state index contributed by atoms with van der Waals surface area (Å²) in [6, 6.07) is 0. The molecule has 0 aromatic carbocycles. The van der Waals surface area contributed by atoms with Crippen molar-refractivity contribution in [2.24, 2.45) is 5.92 Å². The maximum Gasteiger partial charge on any atom is 0.308 e. The highest BCUT2D eigenvalue weighted by Crippen LogP contribution is 1.94. The van der Waals surface area contributed by atoms with E-state index >= 15 is 0 Å². The van der Waals surface area contributed by atoms with Crippen molar-refractivity contribution < 1.29 is 14.3 Å². The maximum absolute atomic E-state index is 10.8. The highest BCUT2D eigenvalue weighted by atomic mass is 16.5. The van der Waals surface area contributed by atoms with E-state index in [4.69, 9.17) is 5.41 Å². The van der Waals surface area contributed by atoms with E-state index in [0.29, 0.717) is 0 Å². The van der Waals surface area contributed by atoms with Crippen LogP contribution in [0.25, 0.3) is 0 Å². The zero-order chi connectivity index (χ0) is 9.56. The second-order valence-corrected chi connectivity index (χ2v) is 2.47. The van der Waals surface area contributed by atoms with Crippen LogP contribution in [-0.2, 0) is 14.3 Å². The fraction of sp³-hybridized carbons (Fsp3) is 0.571. The molecular weight excluding hydrogens is 160 g/mol. The lowest BCUT2D eigenvalue weighted by Gasteiger charge is -2.04. The van der Waals surface area contributed by atoms with Crippen LogP contribution in [0.5, 0.6) is 0 Å². The Kier molecular flexibility index (Phi) is 4.67. The number of nitrogens with one attached hydrogen (secondary N) is 2. The molecule has 5 heteroatoms. The highest BCUT2D eigenvalue weighted by molar-refractivity contribution is 5.88. The van der Waals surface area contributed by atoms with E-state index in [0.717, 1.165) is 6.34 Å². The highest BCUT2D eigenvalue weighted by Gasteiger charge is 2.09. The van der Waals surface area contributed by atoms with Gasteiger partial charge in [-0.2, -0.15) is 0 Å². The van der Waals surface area contributed by atoms with Gasteiger partial charge in [0.25, 0.3) is 5.91 Å². The molecular formula is C7H12N2O3. The van der Waals surface area contributed by atoms with Crippen LogP contribution in [0.4, 0.5) is 0 Å². The van der Waals surface area contributed by atoms with Crippen molar-refractivity contribution in [1.82, 2.24) is 5.32 Å². The van der Waals surface area contributed by atoms with Gasteiger partial charge in [-0.25, -0.2) is 0 Å². The molecule has 0 fully saturated rings. The third-order valence-corrected chi connectivity index (χ3v) is 1.05. The van der Waals surface area contributed by atoms with Gasteiger partial charge in [0.2, 0.25) is 0 Å². The van der Waals surface area contributed by atoms with Crippen LogP contribution >= 0.6 is 0 Å². The number of amides is 1. The summed E-state index contributed by atoms with van der Waals surface area (Å²) in [5.41, 5.74) is 0. The molecule has 5 nitrogen and oxygen atoms in total. The topological polar surface area (TPSA) is 79.2 Å². The van der Waals surface area contributed by atoms with Crippen LogP contribution in [0.3, 0.4) is 0 Å². The van der Waals surface area contributed by atoms with Crippen molar-refractivity contribution in [3.63, 3.8) is 0 Å². The van der Waals surface area contributed by atoms with E-state index in [9.17, 15) is 9.59 Å². The molecule has 0 bridgehead atoms. The smallest absolute Gasteiger partial charge is 0.308 e. The summed E-state index contributed by atoms with van der Waals surface area (Å²) in [5, 5.41) is 8.57. The first-order valence-corrected chi connectivity index (χ1v) is 3.53. The van der Waals surface area contributed by atoms with Crippen LogP contribution in [0, 0.1) is 11.3 Å². The van der Waals surface area contributed by atoms with Gasteiger partial charge >= 0.3 is 5.97 Å². The first kappa shape index (κ1) is 10.6. The molecule has 0 spiro atoms. The summed E-state index contributed by atoms with van der Waals surface area (Å²) in [6.07, 6.45) is 0.742. The van der Waals surface area contributed by atoms with Crippen molar-refractivity contribution in [2.75, 3.05) is 6.61 Å². The van der Waals surface area contributed by atoms with Crippen molar-refractivity contribution in [1.29, 1.82) is 5.41 Å². The second kappa shape index (κ2) is 5.29. The van der Waals surface area contributed by atoms with Crippen molar-refractivity contribution in [2.45, 2.75) is 13.8 Å². The Morgan fingerprint density at radius 1 is 1.58 bits per heavy atom. The molecule has 0 aliphatic rings. The molecule has 68 valence electrons. The third kappa shape index (κ3) is 4.43. The van der Waals surface area contributed by atoms with Gasteiger partial charge in [-0.15, -0.1) is 0 Å². The lowest BCUT2D eigenvalue weighted by molar-refractivity contribution is -0.151. The minimum Gasteiger partial charge on any atom is -0.455 e. The van der Waals surface area contributed by atoms with Crippen LogP contribution in [0.2, 0.25) is 0 Å². The first-order valence-electron chi connectivity index (χ1n) is 3.53. The zero-order valence-corrected chi connectivity index (χ0v) is 7.09. The zero-order valence-electron chi connectivity index (χ0n) is 7.09. The predicted molar refractivity (Wildman–Crippen MR) is 42.7 cm³/mol. The number of carbonyl (C=O) groups is 2.